The smallest absolute Gasteiger partial charge is 0.253 e. The van der Waals surface area contributed by atoms with Gasteiger partial charge in [-0.1, -0.05) is 19.3 Å². The van der Waals surface area contributed by atoms with E-state index in [1.54, 1.807) is 0 Å². The van der Waals surface area contributed by atoms with Gasteiger partial charge in [-0.15, -0.1) is 11.8 Å². The maximum Gasteiger partial charge on any atom is 0.253 e. The van der Waals surface area contributed by atoms with E-state index >= 15 is 0 Å². The Hall–Kier alpha value is -1.53. The second-order valence-corrected chi connectivity index (χ2v) is 8.97. The topological polar surface area (TPSA) is 58.6 Å². The maximum absolute atomic E-state index is 13.2. The summed E-state index contributed by atoms with van der Waals surface area (Å²) < 4.78 is 6.03. The van der Waals surface area contributed by atoms with Crippen LogP contribution in [0.2, 0.25) is 0 Å². The summed E-state index contributed by atoms with van der Waals surface area (Å²) in [6.07, 6.45) is 7.24. The molecule has 1 aliphatic heterocycles. The van der Waals surface area contributed by atoms with E-state index in [9.17, 15) is 9.59 Å². The fourth-order valence-corrected chi connectivity index (χ4v) is 5.92. The van der Waals surface area contributed by atoms with Crippen LogP contribution in [0.25, 0.3) is 0 Å². The Labute approximate surface area is 165 Å². The van der Waals surface area contributed by atoms with Gasteiger partial charge in [0.15, 0.2) is 0 Å². The van der Waals surface area contributed by atoms with Gasteiger partial charge in [-0.3, -0.25) is 9.59 Å². The molecule has 1 heterocycles. The SMILES string of the molecule is CCO[C@H]1C[C@H](N(C)C(=O)c2ccc3c(c2)NC(=O)CS3)C12CCCCC2. The molecule has 1 aromatic carbocycles. The molecule has 0 saturated heterocycles. The molecule has 0 radical (unpaired) electrons. The van der Waals surface area contributed by atoms with Gasteiger partial charge in [-0.25, -0.2) is 0 Å². The Balaban J connectivity index is 1.54. The lowest BCUT2D eigenvalue weighted by molar-refractivity contribution is -0.170. The van der Waals surface area contributed by atoms with Crippen molar-refractivity contribution in [3.05, 3.63) is 23.8 Å². The summed E-state index contributed by atoms with van der Waals surface area (Å²) in [6, 6.07) is 5.89. The van der Waals surface area contributed by atoms with E-state index in [2.05, 4.69) is 12.2 Å². The van der Waals surface area contributed by atoms with Gasteiger partial charge in [-0.2, -0.15) is 0 Å². The van der Waals surface area contributed by atoms with Crippen LogP contribution in [0.15, 0.2) is 23.1 Å². The van der Waals surface area contributed by atoms with Crippen LogP contribution in [-0.2, 0) is 9.53 Å². The average Bonchev–Trinajstić information content (AvgIpc) is 2.69. The number of hydrogen-bond donors (Lipinski definition) is 1. The van der Waals surface area contributed by atoms with Crippen molar-refractivity contribution >= 4 is 29.3 Å². The molecule has 0 aromatic heterocycles. The molecule has 2 atom stereocenters. The number of amides is 2. The lowest BCUT2D eigenvalue weighted by Crippen LogP contribution is -2.65. The van der Waals surface area contributed by atoms with Crippen molar-refractivity contribution < 1.29 is 14.3 Å². The predicted molar refractivity (Wildman–Crippen MR) is 107 cm³/mol. The summed E-state index contributed by atoms with van der Waals surface area (Å²) in [7, 11) is 1.93. The van der Waals surface area contributed by atoms with Crippen molar-refractivity contribution in [2.24, 2.45) is 5.41 Å². The van der Waals surface area contributed by atoms with Crippen molar-refractivity contribution in [1.29, 1.82) is 0 Å². The van der Waals surface area contributed by atoms with Gasteiger partial charge in [0.1, 0.15) is 0 Å². The minimum atomic E-state index is -0.00911. The predicted octanol–water partition coefficient (Wildman–Crippen LogP) is 3.93. The first kappa shape index (κ1) is 18.8. The van der Waals surface area contributed by atoms with Gasteiger partial charge in [0, 0.05) is 35.6 Å². The maximum atomic E-state index is 13.2. The molecule has 6 heteroatoms. The van der Waals surface area contributed by atoms with Gasteiger partial charge >= 0.3 is 0 Å². The Bertz CT molecular complexity index is 745. The number of rotatable bonds is 4. The van der Waals surface area contributed by atoms with Gasteiger partial charge in [-0.05, 0) is 44.4 Å². The minimum Gasteiger partial charge on any atom is -0.378 e. The number of benzene rings is 1. The normalized spacial score (nSPS) is 26.1. The van der Waals surface area contributed by atoms with Crippen molar-refractivity contribution in [1.82, 2.24) is 4.90 Å². The third-order valence-electron chi connectivity index (χ3n) is 6.54. The minimum absolute atomic E-state index is 0.00911. The van der Waals surface area contributed by atoms with Crippen molar-refractivity contribution in [2.75, 3.05) is 24.7 Å². The number of ether oxygens (including phenoxy) is 1. The van der Waals surface area contributed by atoms with Crippen LogP contribution in [0.4, 0.5) is 5.69 Å². The Morgan fingerprint density at radius 1 is 1.33 bits per heavy atom. The number of fused-ring (bicyclic) bond motifs is 1. The second kappa shape index (κ2) is 7.47. The number of carbonyl (C=O) groups is 2. The third-order valence-corrected chi connectivity index (χ3v) is 7.62. The lowest BCUT2D eigenvalue weighted by Gasteiger charge is -2.60. The van der Waals surface area contributed by atoms with Gasteiger partial charge < -0.3 is 15.0 Å². The fraction of sp³-hybridized carbons (Fsp3) is 0.619. The first-order valence-corrected chi connectivity index (χ1v) is 11.0. The third kappa shape index (κ3) is 3.27. The van der Waals surface area contributed by atoms with Crippen LogP contribution >= 0.6 is 11.8 Å². The van der Waals surface area contributed by atoms with Crippen molar-refractivity contribution in [3.8, 4) is 0 Å². The van der Waals surface area contributed by atoms with Gasteiger partial charge in [0.25, 0.3) is 5.91 Å². The van der Waals surface area contributed by atoms with Crippen LogP contribution in [0.3, 0.4) is 0 Å². The van der Waals surface area contributed by atoms with Crippen LogP contribution < -0.4 is 5.32 Å². The zero-order chi connectivity index (χ0) is 19.0. The monoisotopic (exact) mass is 388 g/mol. The van der Waals surface area contributed by atoms with Gasteiger partial charge in [0.2, 0.25) is 5.91 Å². The lowest BCUT2D eigenvalue weighted by atomic mass is 9.54. The quantitative estimate of drug-likeness (QED) is 0.849. The second-order valence-electron chi connectivity index (χ2n) is 7.95. The average molecular weight is 389 g/mol. The number of nitrogens with one attached hydrogen (secondary N) is 1. The van der Waals surface area contributed by atoms with Crippen LogP contribution in [0, 0.1) is 5.41 Å². The number of thioether (sulfide) groups is 1. The molecule has 0 bridgehead atoms. The Morgan fingerprint density at radius 2 is 2.11 bits per heavy atom. The molecule has 3 aliphatic rings. The van der Waals surface area contributed by atoms with Crippen molar-refractivity contribution in [2.45, 2.75) is 62.5 Å². The van der Waals surface area contributed by atoms with E-state index in [-0.39, 0.29) is 29.4 Å². The fourth-order valence-electron chi connectivity index (χ4n) is 5.13. The molecule has 146 valence electrons. The summed E-state index contributed by atoms with van der Waals surface area (Å²) in [5.41, 5.74) is 1.52. The van der Waals surface area contributed by atoms with Crippen LogP contribution in [0.1, 0.15) is 55.8 Å². The standard InChI is InChI=1S/C21H28N2O3S/c1-3-26-18-12-17(21(18)9-5-4-6-10-21)23(2)20(25)14-7-8-16-15(11-14)22-19(24)13-27-16/h7-8,11,17-18H,3-6,9-10,12-13H2,1-2H3,(H,22,24)/t17-,18-/m0/s1. The zero-order valence-corrected chi connectivity index (χ0v) is 16.9. The highest BCUT2D eigenvalue weighted by Gasteiger charge is 2.57. The molecular weight excluding hydrogens is 360 g/mol. The summed E-state index contributed by atoms with van der Waals surface area (Å²) in [4.78, 5) is 27.8. The zero-order valence-electron chi connectivity index (χ0n) is 16.1. The summed E-state index contributed by atoms with van der Waals surface area (Å²) in [5, 5.41) is 2.88. The molecule has 1 N–H and O–H groups in total. The molecule has 1 aromatic rings. The first-order valence-electron chi connectivity index (χ1n) is 10.0. The van der Waals surface area contributed by atoms with E-state index in [1.165, 1.54) is 31.0 Å². The molecule has 5 nitrogen and oxygen atoms in total. The van der Waals surface area contributed by atoms with Gasteiger partial charge in [0.05, 0.1) is 17.5 Å². The molecule has 2 amide bonds. The van der Waals surface area contributed by atoms with Crippen molar-refractivity contribution in [3.63, 3.8) is 0 Å². The molecule has 4 rings (SSSR count). The Kier molecular flexibility index (Phi) is 5.21. The highest BCUT2D eigenvalue weighted by Crippen LogP contribution is 2.55. The number of anilines is 1. The van der Waals surface area contributed by atoms with Crippen LogP contribution in [-0.4, -0.2) is 48.3 Å². The number of nitrogens with zero attached hydrogens (tertiary/aromatic N) is 1. The highest BCUT2D eigenvalue weighted by molar-refractivity contribution is 8.00. The van der Waals surface area contributed by atoms with E-state index in [0.717, 1.165) is 36.5 Å². The Morgan fingerprint density at radius 3 is 2.85 bits per heavy atom. The summed E-state index contributed by atoms with van der Waals surface area (Å²) >= 11 is 1.52. The number of hydrogen-bond acceptors (Lipinski definition) is 4. The summed E-state index contributed by atoms with van der Waals surface area (Å²) in [6.45, 7) is 2.79. The molecule has 2 aliphatic carbocycles. The molecule has 2 fully saturated rings. The van der Waals surface area contributed by atoms with E-state index < -0.39 is 0 Å². The first-order chi connectivity index (χ1) is 13.0. The molecule has 1 spiro atoms. The molecule has 27 heavy (non-hydrogen) atoms. The highest BCUT2D eigenvalue weighted by atomic mass is 32.2. The van der Waals surface area contributed by atoms with E-state index in [0.29, 0.717) is 11.3 Å². The number of carbonyl (C=O) groups excluding carboxylic acids is 2. The molecule has 2 saturated carbocycles. The summed E-state index contributed by atoms with van der Waals surface area (Å²) in [5.74, 6) is 0.460. The van der Waals surface area contributed by atoms with E-state index in [4.69, 9.17) is 4.74 Å². The van der Waals surface area contributed by atoms with Crippen LogP contribution in [0.5, 0.6) is 0 Å². The largest absolute Gasteiger partial charge is 0.378 e. The molecule has 0 unspecified atom stereocenters. The molecular formula is C21H28N2O3S. The van der Waals surface area contributed by atoms with E-state index in [1.807, 2.05) is 30.1 Å².